The number of carbonyl (C=O) groups is 1. The van der Waals surface area contributed by atoms with Crippen LogP contribution in [-0.2, 0) is 24.1 Å². The molecule has 0 atom stereocenters. The summed E-state index contributed by atoms with van der Waals surface area (Å²) in [6.45, 7) is 5.91. The van der Waals surface area contributed by atoms with Crippen LogP contribution in [0, 0.1) is 5.41 Å². The van der Waals surface area contributed by atoms with Crippen molar-refractivity contribution in [1.82, 2.24) is 14.5 Å². The van der Waals surface area contributed by atoms with Gasteiger partial charge in [0.2, 0.25) is 5.91 Å². The summed E-state index contributed by atoms with van der Waals surface area (Å²) in [6, 6.07) is 0. The van der Waals surface area contributed by atoms with E-state index in [1.54, 1.807) is 25.7 Å². The van der Waals surface area contributed by atoms with Crippen LogP contribution in [0.4, 0.5) is 13.2 Å². The molecule has 4 nitrogen and oxygen atoms in total. The summed E-state index contributed by atoms with van der Waals surface area (Å²) in [7, 11) is 0. The highest BCUT2D eigenvalue weighted by Crippen LogP contribution is 2.31. The summed E-state index contributed by atoms with van der Waals surface area (Å²) < 4.78 is 39.3. The van der Waals surface area contributed by atoms with Crippen LogP contribution in [0.15, 0.2) is 6.20 Å². The van der Waals surface area contributed by atoms with Gasteiger partial charge in [-0.25, -0.2) is 4.98 Å². The fraction of sp³-hybridized carbons (Fsp3) is 0.667. The number of amides is 1. The number of hydrogen-bond donors (Lipinski definition) is 0. The molecule has 0 bridgehead atoms. The lowest BCUT2D eigenvalue weighted by Gasteiger charge is -2.33. The van der Waals surface area contributed by atoms with Crippen LogP contribution in [0.3, 0.4) is 0 Å². The highest BCUT2D eigenvalue weighted by atomic mass is 19.4. The third-order valence-electron chi connectivity index (χ3n) is 3.08. The Hall–Kier alpha value is -1.53. The maximum Gasteiger partial charge on any atom is 0.433 e. The number of carbonyl (C=O) groups excluding carboxylic acids is 1. The summed E-state index contributed by atoms with van der Waals surface area (Å²) in [5.74, 6) is 0.214. The monoisotopic (exact) mass is 275 g/mol. The molecule has 0 spiro atoms. The number of fused-ring (bicyclic) bond motifs is 1. The zero-order valence-corrected chi connectivity index (χ0v) is 11.1. The summed E-state index contributed by atoms with van der Waals surface area (Å²) >= 11 is 0. The lowest BCUT2D eigenvalue weighted by molar-refractivity contribution is -0.145. The van der Waals surface area contributed by atoms with Gasteiger partial charge in [0.1, 0.15) is 11.5 Å². The van der Waals surface area contributed by atoms with Gasteiger partial charge in [0.25, 0.3) is 0 Å². The Bertz CT molecular complexity index is 499. The maximum absolute atomic E-state index is 12.7. The molecule has 0 aromatic carbocycles. The lowest BCUT2D eigenvalue weighted by atomic mass is 9.94. The first-order valence-electron chi connectivity index (χ1n) is 6.01. The molecule has 7 heteroatoms. The lowest BCUT2D eigenvalue weighted by Crippen LogP contribution is -2.44. The number of halogens is 3. The van der Waals surface area contributed by atoms with Gasteiger partial charge >= 0.3 is 6.18 Å². The molecule has 0 fully saturated rings. The van der Waals surface area contributed by atoms with Crippen LogP contribution in [0.1, 0.15) is 32.3 Å². The van der Waals surface area contributed by atoms with Gasteiger partial charge in [0.05, 0.1) is 12.7 Å². The van der Waals surface area contributed by atoms with E-state index in [1.165, 1.54) is 0 Å². The Morgan fingerprint density at radius 2 is 1.89 bits per heavy atom. The number of imidazole rings is 1. The van der Waals surface area contributed by atoms with Crippen molar-refractivity contribution in [1.29, 1.82) is 0 Å². The second kappa shape index (κ2) is 4.25. The zero-order valence-electron chi connectivity index (χ0n) is 11.1. The molecular weight excluding hydrogens is 259 g/mol. The number of hydrogen-bond acceptors (Lipinski definition) is 2. The van der Waals surface area contributed by atoms with Gasteiger partial charge in [-0.2, -0.15) is 13.2 Å². The van der Waals surface area contributed by atoms with E-state index in [-0.39, 0.29) is 31.4 Å². The second-order valence-corrected chi connectivity index (χ2v) is 5.69. The Labute approximate surface area is 109 Å². The fourth-order valence-electron chi connectivity index (χ4n) is 2.13. The van der Waals surface area contributed by atoms with Crippen LogP contribution in [0.2, 0.25) is 0 Å². The van der Waals surface area contributed by atoms with Crippen molar-refractivity contribution >= 4 is 5.91 Å². The number of rotatable bonds is 0. The maximum atomic E-state index is 12.7. The van der Waals surface area contributed by atoms with Crippen molar-refractivity contribution < 1.29 is 18.0 Å². The van der Waals surface area contributed by atoms with E-state index in [2.05, 4.69) is 4.98 Å². The minimum absolute atomic E-state index is 0.0738. The van der Waals surface area contributed by atoms with E-state index in [4.69, 9.17) is 0 Å². The SMILES string of the molecule is CC(C)(C)C(=O)N1CCn2c(C(F)(F)F)cnc2C1. The first-order chi connectivity index (χ1) is 8.60. The van der Waals surface area contributed by atoms with Crippen molar-refractivity contribution in [2.45, 2.75) is 40.0 Å². The first kappa shape index (κ1) is 13.9. The van der Waals surface area contributed by atoms with Crippen molar-refractivity contribution in [2.24, 2.45) is 5.41 Å². The number of aromatic nitrogens is 2. The van der Waals surface area contributed by atoms with Crippen LogP contribution < -0.4 is 0 Å². The zero-order chi connectivity index (χ0) is 14.4. The average molecular weight is 275 g/mol. The summed E-state index contributed by atoms with van der Waals surface area (Å²) in [6.07, 6.45) is -3.57. The highest BCUT2D eigenvalue weighted by molar-refractivity contribution is 5.81. The van der Waals surface area contributed by atoms with E-state index in [0.29, 0.717) is 0 Å². The molecule has 0 unspecified atom stereocenters. The highest BCUT2D eigenvalue weighted by Gasteiger charge is 2.38. The van der Waals surface area contributed by atoms with Crippen molar-refractivity contribution in [2.75, 3.05) is 6.54 Å². The molecule has 0 saturated carbocycles. The van der Waals surface area contributed by atoms with Crippen molar-refractivity contribution in [3.63, 3.8) is 0 Å². The van der Waals surface area contributed by atoms with Crippen molar-refractivity contribution in [3.05, 3.63) is 17.7 Å². The minimum atomic E-state index is -4.40. The Morgan fingerprint density at radius 1 is 1.26 bits per heavy atom. The van der Waals surface area contributed by atoms with Gasteiger partial charge in [-0.1, -0.05) is 20.8 Å². The molecule has 1 amide bonds. The molecular formula is C12H16F3N3O. The first-order valence-corrected chi connectivity index (χ1v) is 6.01. The van der Waals surface area contributed by atoms with Crippen LogP contribution in [-0.4, -0.2) is 26.9 Å². The molecule has 1 aliphatic heterocycles. The molecule has 1 aliphatic rings. The van der Waals surface area contributed by atoms with E-state index >= 15 is 0 Å². The van der Waals surface area contributed by atoms with Crippen LogP contribution in [0.5, 0.6) is 0 Å². The van der Waals surface area contributed by atoms with Gasteiger partial charge in [-0.05, 0) is 0 Å². The van der Waals surface area contributed by atoms with Gasteiger partial charge in [-0.15, -0.1) is 0 Å². The third-order valence-corrected chi connectivity index (χ3v) is 3.08. The Balaban J connectivity index is 2.23. The number of nitrogens with zero attached hydrogens (tertiary/aromatic N) is 3. The Morgan fingerprint density at radius 3 is 2.42 bits per heavy atom. The van der Waals surface area contributed by atoms with Gasteiger partial charge in [0, 0.05) is 18.5 Å². The standard InChI is InChI=1S/C12H16F3N3O/c1-11(2,3)10(19)17-4-5-18-8(12(13,14)15)6-16-9(18)7-17/h6H,4-5,7H2,1-3H3. The average Bonchev–Trinajstić information content (AvgIpc) is 2.68. The topological polar surface area (TPSA) is 38.1 Å². The van der Waals surface area contributed by atoms with E-state index in [1.807, 2.05) is 0 Å². The molecule has 0 aliphatic carbocycles. The molecule has 0 radical (unpaired) electrons. The second-order valence-electron chi connectivity index (χ2n) is 5.69. The molecule has 2 rings (SSSR count). The molecule has 0 saturated heterocycles. The fourth-order valence-corrected chi connectivity index (χ4v) is 2.13. The Kier molecular flexibility index (Phi) is 3.10. The van der Waals surface area contributed by atoms with Crippen LogP contribution >= 0.6 is 0 Å². The van der Waals surface area contributed by atoms with Gasteiger partial charge in [-0.3, -0.25) is 4.79 Å². The van der Waals surface area contributed by atoms with E-state index < -0.39 is 17.3 Å². The largest absolute Gasteiger partial charge is 0.433 e. The molecule has 19 heavy (non-hydrogen) atoms. The minimum Gasteiger partial charge on any atom is -0.333 e. The van der Waals surface area contributed by atoms with Crippen molar-refractivity contribution in [3.8, 4) is 0 Å². The quantitative estimate of drug-likeness (QED) is 0.728. The summed E-state index contributed by atoms with van der Waals surface area (Å²) in [4.78, 5) is 17.4. The van der Waals surface area contributed by atoms with Gasteiger partial charge < -0.3 is 9.47 Å². The molecule has 106 valence electrons. The molecule has 2 heterocycles. The normalized spacial score (nSPS) is 16.4. The van der Waals surface area contributed by atoms with E-state index in [9.17, 15) is 18.0 Å². The predicted octanol–water partition coefficient (Wildman–Crippen LogP) is 2.29. The summed E-state index contributed by atoms with van der Waals surface area (Å²) in [5, 5.41) is 0. The van der Waals surface area contributed by atoms with Gasteiger partial charge in [0.15, 0.2) is 0 Å². The smallest absolute Gasteiger partial charge is 0.333 e. The summed E-state index contributed by atoms with van der Waals surface area (Å²) in [5.41, 5.74) is -1.29. The number of alkyl halides is 3. The molecule has 1 aromatic heterocycles. The molecule has 0 N–H and O–H groups in total. The van der Waals surface area contributed by atoms with Crippen LogP contribution in [0.25, 0.3) is 0 Å². The third kappa shape index (κ3) is 2.59. The molecule has 1 aromatic rings. The predicted molar refractivity (Wildman–Crippen MR) is 62.1 cm³/mol. The van der Waals surface area contributed by atoms with E-state index in [0.717, 1.165) is 10.8 Å².